The first-order chi connectivity index (χ1) is 12.2. The highest BCUT2D eigenvalue weighted by Gasteiger charge is 2.10. The molecule has 0 saturated carbocycles. The van der Waals surface area contributed by atoms with Gasteiger partial charge >= 0.3 is 0 Å². The average molecular weight is 333 g/mol. The van der Waals surface area contributed by atoms with Gasteiger partial charge in [0.1, 0.15) is 23.2 Å². The van der Waals surface area contributed by atoms with Crippen LogP contribution in [0.3, 0.4) is 0 Å². The topological polar surface area (TPSA) is 98.3 Å². The van der Waals surface area contributed by atoms with Crippen LogP contribution in [0.25, 0.3) is 10.8 Å². The maximum atomic E-state index is 12.1. The molecule has 2 aromatic carbocycles. The van der Waals surface area contributed by atoms with E-state index in [4.69, 9.17) is 4.42 Å². The highest BCUT2D eigenvalue weighted by molar-refractivity contribution is 6.00. The van der Waals surface area contributed by atoms with E-state index in [-0.39, 0.29) is 17.9 Å². The smallest absolute Gasteiger partial charge is 0.263 e. The zero-order valence-corrected chi connectivity index (χ0v) is 13.2. The van der Waals surface area contributed by atoms with Crippen LogP contribution in [0.2, 0.25) is 0 Å². The normalized spacial score (nSPS) is 11.1. The third-order valence-corrected chi connectivity index (χ3v) is 3.64. The Morgan fingerprint density at radius 1 is 1.16 bits per heavy atom. The van der Waals surface area contributed by atoms with Crippen molar-refractivity contribution in [2.45, 2.75) is 6.54 Å². The summed E-state index contributed by atoms with van der Waals surface area (Å²) in [5, 5.41) is 26.1. The number of carbonyl (C=O) groups is 1. The van der Waals surface area contributed by atoms with Gasteiger partial charge in [-0.2, -0.15) is 5.26 Å². The Kier molecular flexibility index (Phi) is 4.67. The van der Waals surface area contributed by atoms with E-state index in [2.05, 4.69) is 10.6 Å². The summed E-state index contributed by atoms with van der Waals surface area (Å²) >= 11 is 0. The molecule has 0 saturated heterocycles. The molecule has 0 aliphatic rings. The van der Waals surface area contributed by atoms with Crippen LogP contribution in [0.15, 0.2) is 71.0 Å². The summed E-state index contributed by atoms with van der Waals surface area (Å²) in [6.07, 6.45) is 2.86. The highest BCUT2D eigenvalue weighted by atomic mass is 16.3. The molecule has 3 N–H and O–H groups in total. The second-order valence-corrected chi connectivity index (χ2v) is 5.25. The van der Waals surface area contributed by atoms with Crippen molar-refractivity contribution < 1.29 is 14.3 Å². The van der Waals surface area contributed by atoms with Crippen molar-refractivity contribution in [1.82, 2.24) is 5.32 Å². The number of amides is 1. The van der Waals surface area contributed by atoms with Crippen LogP contribution >= 0.6 is 0 Å². The molecule has 25 heavy (non-hydrogen) atoms. The van der Waals surface area contributed by atoms with Crippen LogP contribution in [0, 0.1) is 11.3 Å². The summed E-state index contributed by atoms with van der Waals surface area (Å²) in [6.45, 7) is 0.201. The monoisotopic (exact) mass is 333 g/mol. The van der Waals surface area contributed by atoms with E-state index in [1.807, 2.05) is 12.1 Å². The third kappa shape index (κ3) is 3.62. The summed E-state index contributed by atoms with van der Waals surface area (Å²) in [5.74, 6) is 0.263. The lowest BCUT2D eigenvalue weighted by atomic mass is 10.1. The summed E-state index contributed by atoms with van der Waals surface area (Å²) < 4.78 is 5.13. The van der Waals surface area contributed by atoms with Crippen molar-refractivity contribution in [1.29, 1.82) is 5.26 Å². The first kappa shape index (κ1) is 16.1. The summed E-state index contributed by atoms with van der Waals surface area (Å²) in [5.41, 5.74) is 0.615. The van der Waals surface area contributed by atoms with Gasteiger partial charge in [0.25, 0.3) is 5.91 Å². The number of phenolic OH excluding ortho intramolecular Hbond substituents is 1. The Balaban J connectivity index is 1.76. The van der Waals surface area contributed by atoms with Crippen LogP contribution in [-0.4, -0.2) is 11.0 Å². The molecule has 6 heteroatoms. The second-order valence-electron chi connectivity index (χ2n) is 5.25. The van der Waals surface area contributed by atoms with E-state index >= 15 is 0 Å². The molecule has 0 bridgehead atoms. The first-order valence-electron chi connectivity index (χ1n) is 7.57. The number of nitriles is 1. The Hall–Kier alpha value is -3.72. The lowest BCUT2D eigenvalue weighted by Gasteiger charge is -2.08. The van der Waals surface area contributed by atoms with Crippen molar-refractivity contribution in [3.8, 4) is 11.8 Å². The fourth-order valence-corrected chi connectivity index (χ4v) is 2.39. The van der Waals surface area contributed by atoms with E-state index in [9.17, 15) is 15.2 Å². The number of anilines is 1. The van der Waals surface area contributed by atoms with Gasteiger partial charge in [-0.05, 0) is 24.3 Å². The molecule has 0 aliphatic carbocycles. The number of nitrogens with zero attached hydrogens (tertiary/aromatic N) is 1. The quantitative estimate of drug-likeness (QED) is 0.492. The molecule has 0 atom stereocenters. The van der Waals surface area contributed by atoms with E-state index in [0.29, 0.717) is 16.8 Å². The lowest BCUT2D eigenvalue weighted by molar-refractivity contribution is -0.117. The number of rotatable bonds is 5. The van der Waals surface area contributed by atoms with Gasteiger partial charge in [-0.15, -0.1) is 0 Å². The van der Waals surface area contributed by atoms with Crippen LogP contribution in [0.1, 0.15) is 5.76 Å². The standard InChI is InChI=1S/C19H15N3O3/c20-10-13(19(24)22-12-14-4-3-9-25-14)11-21-17-7-1-6-16-15(17)5-2-8-18(16)23/h1-9,11,21,23H,12H2,(H,22,24)/b13-11-. The van der Waals surface area contributed by atoms with Gasteiger partial charge < -0.3 is 20.2 Å². The van der Waals surface area contributed by atoms with Crippen LogP contribution < -0.4 is 10.6 Å². The molecule has 0 unspecified atom stereocenters. The number of benzene rings is 2. The average Bonchev–Trinajstić information content (AvgIpc) is 3.14. The Morgan fingerprint density at radius 2 is 1.96 bits per heavy atom. The van der Waals surface area contributed by atoms with Gasteiger partial charge in [0.2, 0.25) is 0 Å². The Bertz CT molecular complexity index is 969. The second kappa shape index (κ2) is 7.23. The Morgan fingerprint density at radius 3 is 2.72 bits per heavy atom. The van der Waals surface area contributed by atoms with Crippen molar-refractivity contribution in [2.24, 2.45) is 0 Å². The van der Waals surface area contributed by atoms with Gasteiger partial charge in [0, 0.05) is 22.7 Å². The highest BCUT2D eigenvalue weighted by Crippen LogP contribution is 2.29. The molecule has 0 aliphatic heterocycles. The van der Waals surface area contributed by atoms with Crippen LogP contribution in [0.4, 0.5) is 5.69 Å². The van der Waals surface area contributed by atoms with Gasteiger partial charge in [-0.3, -0.25) is 4.79 Å². The molecule has 1 aromatic heterocycles. The molecule has 1 amide bonds. The summed E-state index contributed by atoms with van der Waals surface area (Å²) in [4.78, 5) is 12.1. The predicted molar refractivity (Wildman–Crippen MR) is 93.5 cm³/mol. The molecule has 3 aromatic rings. The SMILES string of the molecule is N#C/C(=C/Nc1cccc2c(O)cccc12)C(=O)NCc1ccco1. The minimum atomic E-state index is -0.505. The van der Waals surface area contributed by atoms with Crippen molar-refractivity contribution >= 4 is 22.4 Å². The van der Waals surface area contributed by atoms with E-state index in [1.165, 1.54) is 12.5 Å². The molecule has 1 heterocycles. The van der Waals surface area contributed by atoms with E-state index in [1.54, 1.807) is 42.5 Å². The fraction of sp³-hybridized carbons (Fsp3) is 0.0526. The molecule has 0 spiro atoms. The van der Waals surface area contributed by atoms with Crippen molar-refractivity contribution in [3.05, 3.63) is 72.3 Å². The third-order valence-electron chi connectivity index (χ3n) is 3.64. The number of aromatic hydroxyl groups is 1. The molecule has 0 radical (unpaired) electrons. The zero-order chi connectivity index (χ0) is 17.6. The molecule has 6 nitrogen and oxygen atoms in total. The van der Waals surface area contributed by atoms with Gasteiger partial charge in [-0.1, -0.05) is 24.3 Å². The molecular formula is C19H15N3O3. The first-order valence-corrected chi connectivity index (χ1v) is 7.57. The number of furan rings is 1. The summed E-state index contributed by atoms with van der Waals surface area (Å²) in [6, 6.07) is 15.9. The van der Waals surface area contributed by atoms with Gasteiger partial charge in [-0.25, -0.2) is 0 Å². The van der Waals surface area contributed by atoms with Gasteiger partial charge in [0.05, 0.1) is 12.8 Å². The Labute approximate surface area is 144 Å². The zero-order valence-electron chi connectivity index (χ0n) is 13.2. The maximum Gasteiger partial charge on any atom is 0.263 e. The molecule has 124 valence electrons. The number of fused-ring (bicyclic) bond motifs is 1. The number of hydrogen-bond acceptors (Lipinski definition) is 5. The minimum absolute atomic E-state index is 0.0660. The number of phenols is 1. The maximum absolute atomic E-state index is 12.1. The van der Waals surface area contributed by atoms with Crippen LogP contribution in [-0.2, 0) is 11.3 Å². The minimum Gasteiger partial charge on any atom is -0.507 e. The van der Waals surface area contributed by atoms with Crippen molar-refractivity contribution in [3.63, 3.8) is 0 Å². The number of hydrogen-bond donors (Lipinski definition) is 3. The van der Waals surface area contributed by atoms with Gasteiger partial charge in [0.15, 0.2) is 0 Å². The molecule has 0 fully saturated rings. The lowest BCUT2D eigenvalue weighted by Crippen LogP contribution is -2.24. The summed E-state index contributed by atoms with van der Waals surface area (Å²) in [7, 11) is 0. The fourth-order valence-electron chi connectivity index (χ4n) is 2.39. The van der Waals surface area contributed by atoms with E-state index < -0.39 is 5.91 Å². The molecular weight excluding hydrogens is 318 g/mol. The van der Waals surface area contributed by atoms with Crippen molar-refractivity contribution in [2.75, 3.05) is 5.32 Å². The largest absolute Gasteiger partial charge is 0.507 e. The molecule has 3 rings (SSSR count). The number of carbonyl (C=O) groups excluding carboxylic acids is 1. The number of nitrogens with one attached hydrogen (secondary N) is 2. The predicted octanol–water partition coefficient (Wildman–Crippen LogP) is 3.27. The van der Waals surface area contributed by atoms with E-state index in [0.717, 1.165) is 5.39 Å². The van der Waals surface area contributed by atoms with Crippen LogP contribution in [0.5, 0.6) is 5.75 Å².